The second-order valence-corrected chi connectivity index (χ2v) is 4.36. The fourth-order valence-corrected chi connectivity index (χ4v) is 1.47. The smallest absolute Gasteiger partial charge is 0.264 e. The molecule has 0 radical (unpaired) electrons. The quantitative estimate of drug-likeness (QED) is 0.513. The molecule has 2 atom stereocenters. The zero-order valence-electron chi connectivity index (χ0n) is 6.79. The summed E-state index contributed by atoms with van der Waals surface area (Å²) < 4.78 is 10.7. The van der Waals surface area contributed by atoms with Crippen molar-refractivity contribution in [3.8, 4) is 0 Å². The van der Waals surface area contributed by atoms with Crippen LogP contribution in [0.3, 0.4) is 0 Å². The van der Waals surface area contributed by atoms with Crippen molar-refractivity contribution in [2.75, 3.05) is 13.7 Å². The van der Waals surface area contributed by atoms with Crippen molar-refractivity contribution in [1.29, 1.82) is 0 Å². The van der Waals surface area contributed by atoms with E-state index in [1.54, 1.807) is 0 Å². The lowest BCUT2D eigenvalue weighted by Gasteiger charge is -2.13. The highest BCUT2D eigenvalue weighted by Gasteiger charge is 2.18. The summed E-state index contributed by atoms with van der Waals surface area (Å²) >= 11 is 0. The molecule has 0 saturated heterocycles. The van der Waals surface area contributed by atoms with Gasteiger partial charge in [-0.3, -0.25) is 9.36 Å². The number of hydrogen-bond donors (Lipinski definition) is 3. The number of amides is 1. The molecule has 11 heavy (non-hydrogen) atoms. The standard InChI is InChI=1S/C5H13N2O3P/c1-4(5(8)6-2)7-11(3,9)10/h4H,1-3H3,(H,6,8)(H2,7,9,10). The van der Waals surface area contributed by atoms with E-state index >= 15 is 0 Å². The summed E-state index contributed by atoms with van der Waals surface area (Å²) in [4.78, 5) is 19.6. The molecule has 0 rings (SSSR count). The zero-order valence-corrected chi connectivity index (χ0v) is 7.68. The van der Waals surface area contributed by atoms with Crippen LogP contribution in [0, 0.1) is 0 Å². The summed E-state index contributed by atoms with van der Waals surface area (Å²) in [5, 5.41) is 4.62. The summed E-state index contributed by atoms with van der Waals surface area (Å²) in [6, 6.07) is -0.638. The molecule has 0 aromatic carbocycles. The van der Waals surface area contributed by atoms with Gasteiger partial charge in [-0.1, -0.05) is 0 Å². The van der Waals surface area contributed by atoms with E-state index in [9.17, 15) is 9.36 Å². The van der Waals surface area contributed by atoms with E-state index < -0.39 is 13.6 Å². The summed E-state index contributed by atoms with van der Waals surface area (Å²) in [5.74, 6) is -0.305. The van der Waals surface area contributed by atoms with Crippen LogP contribution >= 0.6 is 7.52 Å². The van der Waals surface area contributed by atoms with Crippen molar-refractivity contribution in [1.82, 2.24) is 10.4 Å². The first-order valence-electron chi connectivity index (χ1n) is 3.16. The predicted molar refractivity (Wildman–Crippen MR) is 42.4 cm³/mol. The van der Waals surface area contributed by atoms with Crippen LogP contribution in [0.5, 0.6) is 0 Å². The van der Waals surface area contributed by atoms with Crippen molar-refractivity contribution >= 4 is 13.4 Å². The maximum atomic E-state index is 10.8. The second kappa shape index (κ2) is 3.85. The van der Waals surface area contributed by atoms with Crippen molar-refractivity contribution in [3.63, 3.8) is 0 Å². The number of rotatable bonds is 3. The van der Waals surface area contributed by atoms with Crippen LogP contribution in [0.2, 0.25) is 0 Å². The molecule has 0 aliphatic rings. The summed E-state index contributed by atoms with van der Waals surface area (Å²) in [7, 11) is -1.83. The Morgan fingerprint density at radius 2 is 2.09 bits per heavy atom. The Hall–Kier alpha value is -0.380. The van der Waals surface area contributed by atoms with E-state index in [1.807, 2.05) is 0 Å². The predicted octanol–water partition coefficient (Wildman–Crippen LogP) is -0.474. The van der Waals surface area contributed by atoms with Crippen LogP contribution in [-0.2, 0) is 9.36 Å². The van der Waals surface area contributed by atoms with Crippen LogP contribution in [-0.4, -0.2) is 30.6 Å². The van der Waals surface area contributed by atoms with E-state index in [0.29, 0.717) is 0 Å². The molecular weight excluding hydrogens is 167 g/mol. The molecule has 0 aromatic rings. The van der Waals surface area contributed by atoms with Crippen LogP contribution in [0.4, 0.5) is 0 Å². The van der Waals surface area contributed by atoms with E-state index in [4.69, 9.17) is 4.89 Å². The molecule has 0 aromatic heterocycles. The fraction of sp³-hybridized carbons (Fsp3) is 0.800. The van der Waals surface area contributed by atoms with Crippen molar-refractivity contribution in [2.24, 2.45) is 0 Å². The topological polar surface area (TPSA) is 78.4 Å². The van der Waals surface area contributed by atoms with Gasteiger partial charge >= 0.3 is 0 Å². The second-order valence-electron chi connectivity index (χ2n) is 2.34. The van der Waals surface area contributed by atoms with Gasteiger partial charge in [-0.15, -0.1) is 0 Å². The lowest BCUT2D eigenvalue weighted by atomic mass is 10.3. The largest absolute Gasteiger partial charge is 0.358 e. The minimum absolute atomic E-state index is 0.305. The normalized spacial score (nSPS) is 18.5. The lowest BCUT2D eigenvalue weighted by Crippen LogP contribution is -2.38. The minimum Gasteiger partial charge on any atom is -0.358 e. The molecular formula is C5H13N2O3P. The molecule has 66 valence electrons. The third-order valence-corrected chi connectivity index (χ3v) is 1.94. The monoisotopic (exact) mass is 180 g/mol. The zero-order chi connectivity index (χ0) is 9.07. The van der Waals surface area contributed by atoms with Gasteiger partial charge in [0.15, 0.2) is 0 Å². The molecule has 0 fully saturated rings. The van der Waals surface area contributed by atoms with Gasteiger partial charge in [-0.05, 0) is 6.92 Å². The molecule has 0 aliphatic carbocycles. The third-order valence-electron chi connectivity index (χ3n) is 1.07. The first-order chi connectivity index (χ1) is 4.87. The Balaban J connectivity index is 3.98. The van der Waals surface area contributed by atoms with Gasteiger partial charge < -0.3 is 10.2 Å². The van der Waals surface area contributed by atoms with Gasteiger partial charge in [0.1, 0.15) is 0 Å². The summed E-state index contributed by atoms with van der Waals surface area (Å²) in [6.07, 6.45) is 0. The Morgan fingerprint density at radius 1 is 1.64 bits per heavy atom. The number of nitrogens with one attached hydrogen (secondary N) is 2. The van der Waals surface area contributed by atoms with Gasteiger partial charge in [-0.25, -0.2) is 5.09 Å². The molecule has 6 heteroatoms. The highest BCUT2D eigenvalue weighted by Crippen LogP contribution is 2.29. The summed E-state index contributed by atoms with van der Waals surface area (Å²) in [5.41, 5.74) is 0. The average molecular weight is 180 g/mol. The fourth-order valence-electron chi connectivity index (χ4n) is 0.634. The van der Waals surface area contributed by atoms with Gasteiger partial charge in [0.05, 0.1) is 6.04 Å². The Labute approximate surface area is 65.7 Å². The Kier molecular flexibility index (Phi) is 3.72. The van der Waals surface area contributed by atoms with Crippen molar-refractivity contribution < 1.29 is 14.3 Å². The molecule has 5 nitrogen and oxygen atoms in total. The van der Waals surface area contributed by atoms with Gasteiger partial charge in [0, 0.05) is 13.7 Å². The van der Waals surface area contributed by atoms with Crippen molar-refractivity contribution in [2.45, 2.75) is 13.0 Å². The van der Waals surface area contributed by atoms with E-state index in [-0.39, 0.29) is 5.91 Å². The number of carbonyl (C=O) groups excluding carboxylic acids is 1. The maximum absolute atomic E-state index is 10.8. The molecule has 3 N–H and O–H groups in total. The molecule has 0 spiro atoms. The first kappa shape index (κ1) is 10.6. The molecule has 0 saturated carbocycles. The first-order valence-corrected chi connectivity index (χ1v) is 5.27. The van der Waals surface area contributed by atoms with E-state index in [0.717, 1.165) is 6.66 Å². The minimum atomic E-state index is -3.30. The highest BCUT2D eigenvalue weighted by molar-refractivity contribution is 7.55. The third kappa shape index (κ3) is 4.95. The molecule has 0 bridgehead atoms. The molecule has 0 heterocycles. The van der Waals surface area contributed by atoms with E-state index in [1.165, 1.54) is 14.0 Å². The molecule has 0 aliphatic heterocycles. The SMILES string of the molecule is CNC(=O)C(C)NP(C)(=O)O. The Morgan fingerprint density at radius 3 is 2.36 bits per heavy atom. The van der Waals surface area contributed by atoms with Gasteiger partial charge in [0.25, 0.3) is 7.52 Å². The molecule has 2 unspecified atom stereocenters. The maximum Gasteiger partial charge on any atom is 0.264 e. The number of carbonyl (C=O) groups is 1. The highest BCUT2D eigenvalue weighted by atomic mass is 31.2. The number of hydrogen-bond acceptors (Lipinski definition) is 2. The van der Waals surface area contributed by atoms with Crippen molar-refractivity contribution in [3.05, 3.63) is 0 Å². The van der Waals surface area contributed by atoms with Crippen LogP contribution in [0.25, 0.3) is 0 Å². The van der Waals surface area contributed by atoms with E-state index in [2.05, 4.69) is 10.4 Å². The summed E-state index contributed by atoms with van der Waals surface area (Å²) in [6.45, 7) is 2.66. The average Bonchev–Trinajstić information content (AvgIpc) is 1.82. The van der Waals surface area contributed by atoms with Gasteiger partial charge in [0.2, 0.25) is 5.91 Å². The lowest BCUT2D eigenvalue weighted by molar-refractivity contribution is -0.121. The Bertz CT molecular complexity index is 188. The van der Waals surface area contributed by atoms with Crippen LogP contribution in [0.15, 0.2) is 0 Å². The van der Waals surface area contributed by atoms with Crippen LogP contribution < -0.4 is 10.4 Å². The number of likely N-dealkylation sites (N-methyl/N-ethyl adjacent to an activating group) is 1. The van der Waals surface area contributed by atoms with Gasteiger partial charge in [-0.2, -0.15) is 0 Å². The molecule has 1 amide bonds. The van der Waals surface area contributed by atoms with Crippen LogP contribution in [0.1, 0.15) is 6.92 Å².